The SMILES string of the molecule is C=C(/C=C(\N=C(/C)c1ccc(-c2ccccc2)cc1)c1ccc(-c2ccc(-c3ccc4[nH]ccc4c3)cc2)cc1)c1ccccc1. The first-order valence-corrected chi connectivity index (χ1v) is 15.6. The van der Waals surface area contributed by atoms with Gasteiger partial charge < -0.3 is 4.98 Å². The van der Waals surface area contributed by atoms with Crippen molar-refractivity contribution < 1.29 is 0 Å². The van der Waals surface area contributed by atoms with Gasteiger partial charge in [-0.3, -0.25) is 4.99 Å². The highest BCUT2D eigenvalue weighted by Gasteiger charge is 2.08. The first-order valence-electron chi connectivity index (χ1n) is 15.6. The predicted octanol–water partition coefficient (Wildman–Crippen LogP) is 11.7. The Bertz CT molecular complexity index is 2160. The van der Waals surface area contributed by atoms with Gasteiger partial charge in [0.2, 0.25) is 0 Å². The maximum atomic E-state index is 5.16. The summed E-state index contributed by atoms with van der Waals surface area (Å²) in [5.41, 5.74) is 14.3. The summed E-state index contributed by atoms with van der Waals surface area (Å²) < 4.78 is 0. The highest BCUT2D eigenvalue weighted by Crippen LogP contribution is 2.30. The molecule has 7 aromatic rings. The number of nitrogens with one attached hydrogen (secondary N) is 1. The van der Waals surface area contributed by atoms with Crippen molar-refractivity contribution in [2.24, 2.45) is 4.99 Å². The number of rotatable bonds is 8. The molecule has 0 amide bonds. The minimum Gasteiger partial charge on any atom is -0.361 e. The lowest BCUT2D eigenvalue weighted by Crippen LogP contribution is -1.96. The van der Waals surface area contributed by atoms with E-state index in [1.165, 1.54) is 33.2 Å². The molecule has 1 N–H and O–H groups in total. The Hall–Kier alpha value is -5.99. The van der Waals surface area contributed by atoms with Gasteiger partial charge in [0.15, 0.2) is 0 Å². The molecule has 0 atom stereocenters. The van der Waals surface area contributed by atoms with E-state index in [1.54, 1.807) is 0 Å². The zero-order valence-electron chi connectivity index (χ0n) is 25.8. The Morgan fingerprint density at radius 3 is 1.65 bits per heavy atom. The molecule has 0 unspecified atom stereocenters. The summed E-state index contributed by atoms with van der Waals surface area (Å²) in [6.07, 6.45) is 4.07. The second-order valence-corrected chi connectivity index (χ2v) is 11.5. The number of aromatic nitrogens is 1. The average Bonchev–Trinajstić information content (AvgIpc) is 3.61. The molecule has 1 heterocycles. The van der Waals surface area contributed by atoms with Gasteiger partial charge in [-0.05, 0) is 86.7 Å². The van der Waals surface area contributed by atoms with E-state index < -0.39 is 0 Å². The molecule has 6 aromatic carbocycles. The number of hydrogen-bond donors (Lipinski definition) is 1. The minimum atomic E-state index is 0.875. The Balaban J connectivity index is 1.17. The quantitative estimate of drug-likeness (QED) is 0.135. The van der Waals surface area contributed by atoms with Crippen LogP contribution >= 0.6 is 0 Å². The van der Waals surface area contributed by atoms with E-state index in [9.17, 15) is 0 Å². The van der Waals surface area contributed by atoms with Crippen LogP contribution in [0.15, 0.2) is 182 Å². The predicted molar refractivity (Wildman–Crippen MR) is 197 cm³/mol. The van der Waals surface area contributed by atoms with Crippen LogP contribution in [-0.2, 0) is 0 Å². The van der Waals surface area contributed by atoms with E-state index in [-0.39, 0.29) is 0 Å². The van der Waals surface area contributed by atoms with Gasteiger partial charge in [0.25, 0.3) is 0 Å². The van der Waals surface area contributed by atoms with Gasteiger partial charge in [0.1, 0.15) is 0 Å². The van der Waals surface area contributed by atoms with Gasteiger partial charge in [-0.1, -0.05) is 146 Å². The molecule has 0 spiro atoms. The van der Waals surface area contributed by atoms with Crippen LogP contribution in [0.1, 0.15) is 23.6 Å². The number of aliphatic imine (C=N–C) groups is 1. The van der Waals surface area contributed by atoms with E-state index in [0.29, 0.717) is 0 Å². The molecule has 220 valence electrons. The lowest BCUT2D eigenvalue weighted by Gasteiger charge is -2.10. The molecule has 0 aliphatic rings. The third kappa shape index (κ3) is 6.29. The van der Waals surface area contributed by atoms with Gasteiger partial charge in [-0.2, -0.15) is 0 Å². The van der Waals surface area contributed by atoms with Crippen molar-refractivity contribution in [2.75, 3.05) is 0 Å². The molecule has 0 radical (unpaired) electrons. The molecule has 0 saturated carbocycles. The second kappa shape index (κ2) is 12.9. The molecule has 0 fully saturated rings. The van der Waals surface area contributed by atoms with Crippen LogP contribution < -0.4 is 0 Å². The van der Waals surface area contributed by atoms with Crippen molar-refractivity contribution in [2.45, 2.75) is 6.92 Å². The van der Waals surface area contributed by atoms with Gasteiger partial charge in [0.05, 0.1) is 5.70 Å². The summed E-state index contributed by atoms with van der Waals surface area (Å²) in [6.45, 7) is 6.45. The molecule has 0 aliphatic heterocycles. The van der Waals surface area contributed by atoms with Gasteiger partial charge in [0, 0.05) is 23.0 Å². The number of benzene rings is 6. The Labute approximate surface area is 270 Å². The van der Waals surface area contributed by atoms with Gasteiger partial charge in [-0.25, -0.2) is 0 Å². The van der Waals surface area contributed by atoms with Crippen LogP contribution in [0.3, 0.4) is 0 Å². The van der Waals surface area contributed by atoms with Gasteiger partial charge in [-0.15, -0.1) is 0 Å². The third-order valence-corrected chi connectivity index (χ3v) is 8.44. The normalized spacial score (nSPS) is 11.9. The maximum Gasteiger partial charge on any atom is 0.0711 e. The van der Waals surface area contributed by atoms with Crippen LogP contribution in [0.2, 0.25) is 0 Å². The lowest BCUT2D eigenvalue weighted by molar-refractivity contribution is 1.46. The standard InChI is InChI=1S/C44H34N2/c1-31(33-9-5-3-6-10-33)29-44(46-32(2)34-13-15-36(16-14-34)35-11-7-4-8-12-35)40-23-21-38(22-24-40)37-17-19-39(20-18-37)41-25-26-43-42(30-41)27-28-45-43/h3-30,45H,1H2,2H3/b44-29-,46-32+. The fraction of sp³-hybridized carbons (Fsp3) is 0.0227. The van der Waals surface area contributed by atoms with Crippen LogP contribution in [0.5, 0.6) is 0 Å². The molecule has 2 heteroatoms. The van der Waals surface area contributed by atoms with Crippen molar-refractivity contribution in [3.63, 3.8) is 0 Å². The molecular formula is C44H34N2. The monoisotopic (exact) mass is 590 g/mol. The molecule has 1 aromatic heterocycles. The Kier molecular flexibility index (Phi) is 8.09. The Morgan fingerprint density at radius 1 is 0.522 bits per heavy atom. The second-order valence-electron chi connectivity index (χ2n) is 11.5. The first kappa shape index (κ1) is 28.8. The highest BCUT2D eigenvalue weighted by molar-refractivity contribution is 6.03. The van der Waals surface area contributed by atoms with Crippen molar-refractivity contribution in [1.82, 2.24) is 4.98 Å². The largest absolute Gasteiger partial charge is 0.361 e. The number of hydrogen-bond acceptors (Lipinski definition) is 1. The molecule has 0 bridgehead atoms. The fourth-order valence-electron chi connectivity index (χ4n) is 5.78. The van der Waals surface area contributed by atoms with Crippen LogP contribution in [0.4, 0.5) is 0 Å². The number of allylic oxidation sites excluding steroid dienone is 2. The zero-order chi connectivity index (χ0) is 31.3. The summed E-state index contributed by atoms with van der Waals surface area (Å²) in [5, 5.41) is 1.22. The first-order chi connectivity index (χ1) is 22.6. The number of nitrogens with zero attached hydrogens (tertiary/aromatic N) is 1. The van der Waals surface area contributed by atoms with E-state index in [4.69, 9.17) is 4.99 Å². The molecule has 7 rings (SSSR count). The van der Waals surface area contributed by atoms with E-state index in [1.807, 2.05) is 30.5 Å². The highest BCUT2D eigenvalue weighted by atomic mass is 14.8. The van der Waals surface area contributed by atoms with Crippen molar-refractivity contribution in [1.29, 1.82) is 0 Å². The third-order valence-electron chi connectivity index (χ3n) is 8.44. The molecule has 46 heavy (non-hydrogen) atoms. The number of aromatic amines is 1. The van der Waals surface area contributed by atoms with E-state index >= 15 is 0 Å². The van der Waals surface area contributed by atoms with Crippen LogP contribution in [-0.4, -0.2) is 10.7 Å². The topological polar surface area (TPSA) is 28.1 Å². The summed E-state index contributed by atoms with van der Waals surface area (Å²) in [5.74, 6) is 0. The summed E-state index contributed by atoms with van der Waals surface area (Å²) in [7, 11) is 0. The Morgan fingerprint density at radius 2 is 1.02 bits per heavy atom. The van der Waals surface area contributed by atoms with E-state index in [0.717, 1.165) is 44.8 Å². The summed E-state index contributed by atoms with van der Waals surface area (Å²) >= 11 is 0. The summed E-state index contributed by atoms with van der Waals surface area (Å²) in [4.78, 5) is 8.43. The fourth-order valence-corrected chi connectivity index (χ4v) is 5.78. The van der Waals surface area contributed by atoms with Crippen LogP contribution in [0, 0.1) is 0 Å². The molecule has 2 nitrogen and oxygen atoms in total. The number of fused-ring (bicyclic) bond motifs is 1. The van der Waals surface area contributed by atoms with E-state index in [2.05, 4.69) is 158 Å². The molecule has 0 aliphatic carbocycles. The maximum absolute atomic E-state index is 5.16. The molecular weight excluding hydrogens is 556 g/mol. The minimum absolute atomic E-state index is 0.875. The zero-order valence-corrected chi connectivity index (χ0v) is 25.8. The van der Waals surface area contributed by atoms with Gasteiger partial charge >= 0.3 is 0 Å². The smallest absolute Gasteiger partial charge is 0.0711 e. The molecule has 0 saturated heterocycles. The summed E-state index contributed by atoms with van der Waals surface area (Å²) in [6, 6.07) is 55.4. The van der Waals surface area contributed by atoms with Crippen molar-refractivity contribution in [3.8, 4) is 33.4 Å². The average molecular weight is 591 g/mol. The number of H-pyrrole nitrogens is 1. The lowest BCUT2D eigenvalue weighted by atomic mass is 9.98. The van der Waals surface area contributed by atoms with Crippen LogP contribution in [0.25, 0.3) is 55.6 Å². The van der Waals surface area contributed by atoms with Crippen molar-refractivity contribution >= 4 is 27.9 Å². The van der Waals surface area contributed by atoms with Crippen molar-refractivity contribution in [3.05, 3.63) is 193 Å².